The number of nitrogens with zero attached hydrogens (tertiary/aromatic N) is 4. The fraction of sp³-hybridized carbons (Fsp3) is 0.316. The van der Waals surface area contributed by atoms with E-state index in [4.69, 9.17) is 10.00 Å². The van der Waals surface area contributed by atoms with E-state index in [0.717, 1.165) is 19.6 Å². The van der Waals surface area contributed by atoms with E-state index in [1.165, 1.54) is 5.56 Å². The number of nitriles is 1. The van der Waals surface area contributed by atoms with Crippen LogP contribution >= 0.6 is 0 Å². The number of hydrogen-bond donors (Lipinski definition) is 0. The average molecular weight is 336 g/mol. The van der Waals surface area contributed by atoms with Gasteiger partial charge in [-0.2, -0.15) is 5.26 Å². The Morgan fingerprint density at radius 1 is 1.16 bits per heavy atom. The topological polar surface area (TPSA) is 69.5 Å². The first-order valence-electron chi connectivity index (χ1n) is 8.27. The second kappa shape index (κ2) is 8.27. The van der Waals surface area contributed by atoms with Crippen LogP contribution in [-0.2, 0) is 11.3 Å². The van der Waals surface area contributed by atoms with Gasteiger partial charge in [-0.1, -0.05) is 18.2 Å². The molecule has 1 aliphatic heterocycles. The first kappa shape index (κ1) is 16.9. The summed E-state index contributed by atoms with van der Waals surface area (Å²) >= 11 is 0. The van der Waals surface area contributed by atoms with Crippen LogP contribution in [0, 0.1) is 11.3 Å². The van der Waals surface area contributed by atoms with Crippen LogP contribution in [0.1, 0.15) is 11.1 Å². The van der Waals surface area contributed by atoms with Gasteiger partial charge in [-0.15, -0.1) is 0 Å². The van der Waals surface area contributed by atoms with E-state index in [9.17, 15) is 4.79 Å². The highest BCUT2D eigenvalue weighted by Crippen LogP contribution is 2.16. The van der Waals surface area contributed by atoms with E-state index in [-0.39, 0.29) is 12.5 Å². The van der Waals surface area contributed by atoms with Crippen LogP contribution < -0.4 is 4.74 Å². The maximum atomic E-state index is 12.3. The molecule has 1 aromatic carbocycles. The highest BCUT2D eigenvalue weighted by Gasteiger charge is 2.21. The van der Waals surface area contributed by atoms with E-state index in [2.05, 4.69) is 22.0 Å². The van der Waals surface area contributed by atoms with Gasteiger partial charge in [-0.3, -0.25) is 14.7 Å². The standard InChI is InChI=1S/C19H20N4O2/c20-12-17-5-1-2-6-18(17)25-15-19(24)23-10-8-22(9-11-23)14-16-4-3-7-21-13-16/h1-7,13H,8-11,14-15H2. The van der Waals surface area contributed by atoms with Gasteiger partial charge in [-0.25, -0.2) is 0 Å². The quantitative estimate of drug-likeness (QED) is 0.831. The molecule has 3 rings (SSSR count). The van der Waals surface area contributed by atoms with Gasteiger partial charge in [0.2, 0.25) is 0 Å². The van der Waals surface area contributed by atoms with Gasteiger partial charge < -0.3 is 9.64 Å². The molecule has 1 amide bonds. The molecule has 0 atom stereocenters. The van der Waals surface area contributed by atoms with Crippen LogP contribution in [0.4, 0.5) is 0 Å². The zero-order chi connectivity index (χ0) is 17.5. The van der Waals surface area contributed by atoms with Crippen molar-refractivity contribution in [1.29, 1.82) is 5.26 Å². The Morgan fingerprint density at radius 2 is 1.96 bits per heavy atom. The minimum Gasteiger partial charge on any atom is -0.482 e. The highest BCUT2D eigenvalue weighted by molar-refractivity contribution is 5.78. The van der Waals surface area contributed by atoms with E-state index < -0.39 is 0 Å². The molecular formula is C19H20N4O2. The Labute approximate surface area is 147 Å². The lowest BCUT2D eigenvalue weighted by Crippen LogP contribution is -2.49. The number of benzene rings is 1. The fourth-order valence-corrected chi connectivity index (χ4v) is 2.82. The summed E-state index contributed by atoms with van der Waals surface area (Å²) in [6.07, 6.45) is 3.64. The number of carbonyl (C=O) groups excluding carboxylic acids is 1. The van der Waals surface area contributed by atoms with Gasteiger partial charge in [0, 0.05) is 45.1 Å². The van der Waals surface area contributed by atoms with Gasteiger partial charge in [-0.05, 0) is 23.8 Å². The molecule has 1 saturated heterocycles. The fourth-order valence-electron chi connectivity index (χ4n) is 2.82. The third kappa shape index (κ3) is 4.55. The van der Waals surface area contributed by atoms with Gasteiger partial charge in [0.1, 0.15) is 11.8 Å². The molecule has 128 valence electrons. The van der Waals surface area contributed by atoms with Crippen LogP contribution in [0.25, 0.3) is 0 Å². The Bertz CT molecular complexity index is 750. The van der Waals surface area contributed by atoms with Crippen molar-refractivity contribution >= 4 is 5.91 Å². The molecule has 6 nitrogen and oxygen atoms in total. The number of ether oxygens (including phenoxy) is 1. The molecule has 2 aromatic rings. The predicted octanol–water partition coefficient (Wildman–Crippen LogP) is 1.68. The van der Waals surface area contributed by atoms with Crippen molar-refractivity contribution in [2.24, 2.45) is 0 Å². The molecule has 0 unspecified atom stereocenters. The van der Waals surface area contributed by atoms with Crippen LogP contribution in [0.15, 0.2) is 48.8 Å². The maximum absolute atomic E-state index is 12.3. The smallest absolute Gasteiger partial charge is 0.260 e. The van der Waals surface area contributed by atoms with Crippen LogP contribution in [-0.4, -0.2) is 53.5 Å². The van der Waals surface area contributed by atoms with E-state index in [0.29, 0.717) is 24.4 Å². The molecule has 0 spiro atoms. The van der Waals surface area contributed by atoms with Gasteiger partial charge in [0.25, 0.3) is 5.91 Å². The van der Waals surface area contributed by atoms with Crippen LogP contribution in [0.5, 0.6) is 5.75 Å². The first-order valence-corrected chi connectivity index (χ1v) is 8.27. The average Bonchev–Trinajstić information content (AvgIpc) is 2.67. The first-order chi connectivity index (χ1) is 12.3. The molecular weight excluding hydrogens is 316 g/mol. The molecule has 1 aliphatic rings. The van der Waals surface area contributed by atoms with Gasteiger partial charge in [0.05, 0.1) is 5.56 Å². The lowest BCUT2D eigenvalue weighted by atomic mass is 10.2. The Morgan fingerprint density at radius 3 is 2.68 bits per heavy atom. The third-order valence-electron chi connectivity index (χ3n) is 4.21. The lowest BCUT2D eigenvalue weighted by Gasteiger charge is -2.34. The van der Waals surface area contributed by atoms with Gasteiger partial charge in [0.15, 0.2) is 6.61 Å². The van der Waals surface area contributed by atoms with Crippen molar-refractivity contribution in [3.05, 3.63) is 59.9 Å². The molecule has 6 heteroatoms. The van der Waals surface area contributed by atoms with Crippen molar-refractivity contribution in [2.75, 3.05) is 32.8 Å². The Hall–Kier alpha value is -2.91. The Balaban J connectivity index is 1.46. The summed E-state index contributed by atoms with van der Waals surface area (Å²) in [7, 11) is 0. The number of aromatic nitrogens is 1. The predicted molar refractivity (Wildman–Crippen MR) is 92.7 cm³/mol. The number of carbonyl (C=O) groups is 1. The van der Waals surface area contributed by atoms with E-state index in [1.807, 2.05) is 17.2 Å². The normalized spacial score (nSPS) is 14.8. The molecule has 1 aromatic heterocycles. The Kier molecular flexibility index (Phi) is 5.60. The lowest BCUT2D eigenvalue weighted by molar-refractivity contribution is -0.135. The summed E-state index contributed by atoms with van der Waals surface area (Å²) < 4.78 is 5.53. The van der Waals surface area contributed by atoms with Crippen LogP contribution in [0.2, 0.25) is 0 Å². The van der Waals surface area contributed by atoms with Crippen molar-refractivity contribution in [1.82, 2.24) is 14.8 Å². The molecule has 0 saturated carbocycles. The minimum absolute atomic E-state index is 0.0404. The third-order valence-corrected chi connectivity index (χ3v) is 4.21. The molecule has 2 heterocycles. The largest absolute Gasteiger partial charge is 0.482 e. The van der Waals surface area contributed by atoms with Crippen LogP contribution in [0.3, 0.4) is 0 Å². The van der Waals surface area contributed by atoms with Crippen molar-refractivity contribution < 1.29 is 9.53 Å². The molecule has 1 fully saturated rings. The maximum Gasteiger partial charge on any atom is 0.260 e. The zero-order valence-electron chi connectivity index (χ0n) is 14.0. The monoisotopic (exact) mass is 336 g/mol. The zero-order valence-corrected chi connectivity index (χ0v) is 14.0. The number of pyridine rings is 1. The molecule has 0 aliphatic carbocycles. The minimum atomic E-state index is -0.0474. The highest BCUT2D eigenvalue weighted by atomic mass is 16.5. The summed E-state index contributed by atoms with van der Waals surface area (Å²) in [6.45, 7) is 3.83. The SMILES string of the molecule is N#Cc1ccccc1OCC(=O)N1CCN(Cc2cccnc2)CC1. The summed E-state index contributed by atoms with van der Waals surface area (Å²) in [5.74, 6) is 0.405. The van der Waals surface area contributed by atoms with Crippen molar-refractivity contribution in [2.45, 2.75) is 6.54 Å². The summed E-state index contributed by atoms with van der Waals surface area (Å²) in [5, 5.41) is 9.05. The number of amides is 1. The number of hydrogen-bond acceptors (Lipinski definition) is 5. The summed E-state index contributed by atoms with van der Waals surface area (Å²) in [4.78, 5) is 20.6. The number of para-hydroxylation sites is 1. The molecule has 25 heavy (non-hydrogen) atoms. The second-order valence-corrected chi connectivity index (χ2v) is 5.91. The molecule has 0 bridgehead atoms. The summed E-state index contributed by atoms with van der Waals surface area (Å²) in [6, 6.07) is 13.0. The number of piperazine rings is 1. The summed E-state index contributed by atoms with van der Waals surface area (Å²) in [5.41, 5.74) is 1.62. The molecule has 0 radical (unpaired) electrons. The molecule has 0 N–H and O–H groups in total. The second-order valence-electron chi connectivity index (χ2n) is 5.91. The number of rotatable bonds is 5. The van der Waals surface area contributed by atoms with E-state index >= 15 is 0 Å². The van der Waals surface area contributed by atoms with Crippen molar-refractivity contribution in [3.8, 4) is 11.8 Å². The van der Waals surface area contributed by atoms with E-state index in [1.54, 1.807) is 30.5 Å². The van der Waals surface area contributed by atoms with Gasteiger partial charge >= 0.3 is 0 Å². The van der Waals surface area contributed by atoms with Crippen molar-refractivity contribution in [3.63, 3.8) is 0 Å².